The summed E-state index contributed by atoms with van der Waals surface area (Å²) >= 11 is 2.18. The van der Waals surface area contributed by atoms with Gasteiger partial charge in [0, 0.05) is 5.56 Å². The van der Waals surface area contributed by atoms with Crippen molar-refractivity contribution in [2.24, 2.45) is 5.10 Å². The molecule has 0 unspecified atom stereocenters. The molecule has 0 fully saturated rings. The lowest BCUT2D eigenvalue weighted by Gasteiger charge is -2.18. The molecule has 0 atom stereocenters. The summed E-state index contributed by atoms with van der Waals surface area (Å²) in [4.78, 5) is 18.8. The van der Waals surface area contributed by atoms with Gasteiger partial charge in [0.05, 0.1) is 34.4 Å². The normalized spacial score (nSPS) is 11.5. The highest BCUT2D eigenvalue weighted by molar-refractivity contribution is 14.1. The second-order valence-corrected chi connectivity index (χ2v) is 11.7. The average Bonchev–Trinajstić information content (AvgIpc) is 3.00. The van der Waals surface area contributed by atoms with Gasteiger partial charge in [-0.3, -0.25) is 4.79 Å². The second kappa shape index (κ2) is 13.6. The summed E-state index contributed by atoms with van der Waals surface area (Å²) < 4.78 is 33.1. The standard InChI is InChI=1S/C35H33FIN3O4/c1-6-43-31-15-22(4)28(18-27(31)21(2)3)34-39-30-10-8-7-9-26(30)35(41)40(34)38-19-24-16-29(37)33(32(17-24)42-5)44-20-23-11-13-25(36)14-12-23/h7-19,21H,6,20H2,1-5H3. The largest absolute Gasteiger partial charge is 0.494 e. The van der Waals surface area contributed by atoms with E-state index >= 15 is 0 Å². The molecule has 44 heavy (non-hydrogen) atoms. The number of methoxy groups -OCH3 is 1. The van der Waals surface area contributed by atoms with Crippen molar-refractivity contribution in [3.8, 4) is 28.6 Å². The Kier molecular flexibility index (Phi) is 9.63. The lowest BCUT2D eigenvalue weighted by molar-refractivity contribution is 0.282. The van der Waals surface area contributed by atoms with Crippen LogP contribution in [0.4, 0.5) is 4.39 Å². The van der Waals surface area contributed by atoms with Crippen LogP contribution in [0.5, 0.6) is 17.2 Å². The lowest BCUT2D eigenvalue weighted by Crippen LogP contribution is -2.21. The Labute approximate surface area is 269 Å². The Morgan fingerprint density at radius 1 is 1.02 bits per heavy atom. The topological polar surface area (TPSA) is 74.9 Å². The molecule has 0 N–H and O–H groups in total. The minimum absolute atomic E-state index is 0.193. The molecule has 0 aliphatic heterocycles. The van der Waals surface area contributed by atoms with E-state index in [1.165, 1.54) is 16.8 Å². The van der Waals surface area contributed by atoms with Crippen molar-refractivity contribution in [2.75, 3.05) is 13.7 Å². The number of hydrogen-bond acceptors (Lipinski definition) is 6. The van der Waals surface area contributed by atoms with Gasteiger partial charge >= 0.3 is 0 Å². The predicted octanol–water partition coefficient (Wildman–Crippen LogP) is 8.11. The highest BCUT2D eigenvalue weighted by Crippen LogP contribution is 2.36. The average molecular weight is 706 g/mol. The Morgan fingerprint density at radius 2 is 1.77 bits per heavy atom. The van der Waals surface area contributed by atoms with Crippen molar-refractivity contribution in [3.05, 3.63) is 115 Å². The van der Waals surface area contributed by atoms with Crippen LogP contribution in [-0.4, -0.2) is 29.6 Å². The number of fused-ring (bicyclic) bond motifs is 1. The zero-order valence-electron chi connectivity index (χ0n) is 25.2. The molecule has 0 aliphatic rings. The molecule has 1 aromatic heterocycles. The molecule has 226 valence electrons. The number of aryl methyl sites for hydroxylation is 1. The summed E-state index contributed by atoms with van der Waals surface area (Å²) in [6.07, 6.45) is 1.61. The van der Waals surface area contributed by atoms with Crippen molar-refractivity contribution in [1.29, 1.82) is 0 Å². The van der Waals surface area contributed by atoms with Gasteiger partial charge in [0.2, 0.25) is 0 Å². The van der Waals surface area contributed by atoms with Crippen LogP contribution < -0.4 is 19.8 Å². The number of nitrogens with zero attached hydrogens (tertiary/aromatic N) is 3. The van der Waals surface area contributed by atoms with Crippen molar-refractivity contribution in [3.63, 3.8) is 0 Å². The number of rotatable bonds is 10. The molecule has 0 saturated carbocycles. The van der Waals surface area contributed by atoms with Gasteiger partial charge in [-0.15, -0.1) is 0 Å². The number of aromatic nitrogens is 2. The molecule has 0 spiro atoms. The fourth-order valence-electron chi connectivity index (χ4n) is 4.89. The van der Waals surface area contributed by atoms with Crippen molar-refractivity contribution < 1.29 is 18.6 Å². The van der Waals surface area contributed by atoms with Crippen LogP contribution >= 0.6 is 22.6 Å². The summed E-state index contributed by atoms with van der Waals surface area (Å²) in [5.74, 6) is 2.23. The lowest BCUT2D eigenvalue weighted by atomic mass is 9.96. The van der Waals surface area contributed by atoms with Crippen LogP contribution in [-0.2, 0) is 6.61 Å². The van der Waals surface area contributed by atoms with E-state index in [0.29, 0.717) is 40.4 Å². The van der Waals surface area contributed by atoms with E-state index in [1.807, 2.05) is 50.2 Å². The highest BCUT2D eigenvalue weighted by atomic mass is 127. The van der Waals surface area contributed by atoms with Gasteiger partial charge in [-0.2, -0.15) is 9.78 Å². The predicted molar refractivity (Wildman–Crippen MR) is 181 cm³/mol. The van der Waals surface area contributed by atoms with E-state index in [2.05, 4.69) is 41.5 Å². The first kappa shape index (κ1) is 31.2. The number of hydrogen-bond donors (Lipinski definition) is 0. The van der Waals surface area contributed by atoms with E-state index in [1.54, 1.807) is 37.6 Å². The molecule has 5 aromatic rings. The quantitative estimate of drug-likeness (QED) is 0.109. The summed E-state index contributed by atoms with van der Waals surface area (Å²) in [6.45, 7) is 8.97. The molecular formula is C35H33FIN3O4. The maximum Gasteiger partial charge on any atom is 0.282 e. The van der Waals surface area contributed by atoms with Crippen molar-refractivity contribution in [1.82, 2.24) is 9.66 Å². The van der Waals surface area contributed by atoms with E-state index < -0.39 is 0 Å². The van der Waals surface area contributed by atoms with Crippen molar-refractivity contribution in [2.45, 2.75) is 40.2 Å². The molecule has 1 heterocycles. The Morgan fingerprint density at radius 3 is 2.48 bits per heavy atom. The van der Waals surface area contributed by atoms with Crippen LogP contribution in [0.3, 0.4) is 0 Å². The van der Waals surface area contributed by atoms with Gasteiger partial charge in [-0.05, 0) is 113 Å². The molecule has 0 amide bonds. The fourth-order valence-corrected chi connectivity index (χ4v) is 5.67. The van der Waals surface area contributed by atoms with Crippen LogP contribution in [0.25, 0.3) is 22.3 Å². The van der Waals surface area contributed by atoms with Gasteiger partial charge < -0.3 is 14.2 Å². The van der Waals surface area contributed by atoms with Crippen LogP contribution in [0.2, 0.25) is 0 Å². The SMILES string of the molecule is CCOc1cc(C)c(-c2nc3ccccc3c(=O)n2N=Cc2cc(I)c(OCc3ccc(F)cc3)c(OC)c2)cc1C(C)C. The van der Waals surface area contributed by atoms with Crippen LogP contribution in [0.15, 0.2) is 82.7 Å². The smallest absolute Gasteiger partial charge is 0.282 e. The third kappa shape index (κ3) is 6.62. The van der Waals surface area contributed by atoms with Gasteiger partial charge in [-0.25, -0.2) is 9.37 Å². The van der Waals surface area contributed by atoms with E-state index in [0.717, 1.165) is 31.6 Å². The number of benzene rings is 4. The van der Waals surface area contributed by atoms with E-state index in [-0.39, 0.29) is 23.9 Å². The monoisotopic (exact) mass is 705 g/mol. The van der Waals surface area contributed by atoms with Crippen LogP contribution in [0, 0.1) is 16.3 Å². The highest BCUT2D eigenvalue weighted by Gasteiger charge is 2.19. The zero-order valence-corrected chi connectivity index (χ0v) is 27.4. The maximum atomic E-state index is 13.8. The molecule has 5 rings (SSSR count). The van der Waals surface area contributed by atoms with Crippen LogP contribution in [0.1, 0.15) is 48.9 Å². The third-order valence-electron chi connectivity index (χ3n) is 7.14. The first-order valence-corrected chi connectivity index (χ1v) is 15.4. The second-order valence-electron chi connectivity index (χ2n) is 10.6. The molecule has 4 aromatic carbocycles. The minimum Gasteiger partial charge on any atom is -0.494 e. The first-order valence-electron chi connectivity index (χ1n) is 14.3. The first-order chi connectivity index (χ1) is 21.2. The minimum atomic E-state index is -0.300. The molecule has 7 nitrogen and oxygen atoms in total. The Balaban J connectivity index is 1.58. The third-order valence-corrected chi connectivity index (χ3v) is 7.95. The number of para-hydroxylation sites is 1. The molecular weight excluding hydrogens is 672 g/mol. The van der Waals surface area contributed by atoms with Gasteiger partial charge in [-0.1, -0.05) is 38.1 Å². The van der Waals surface area contributed by atoms with E-state index in [9.17, 15) is 9.18 Å². The fraction of sp³-hybridized carbons (Fsp3) is 0.229. The number of ether oxygens (including phenoxy) is 3. The molecule has 0 aliphatic carbocycles. The Bertz CT molecular complexity index is 1900. The zero-order chi connectivity index (χ0) is 31.4. The summed E-state index contributed by atoms with van der Waals surface area (Å²) in [7, 11) is 1.56. The molecule has 0 radical (unpaired) electrons. The molecule has 9 heteroatoms. The van der Waals surface area contributed by atoms with Crippen molar-refractivity contribution >= 4 is 39.7 Å². The number of halogens is 2. The summed E-state index contributed by atoms with van der Waals surface area (Å²) in [6, 6.07) is 21.2. The maximum absolute atomic E-state index is 13.8. The van der Waals surface area contributed by atoms with Gasteiger partial charge in [0.15, 0.2) is 17.3 Å². The van der Waals surface area contributed by atoms with Gasteiger partial charge in [0.25, 0.3) is 5.56 Å². The summed E-state index contributed by atoms with van der Waals surface area (Å²) in [5.41, 5.74) is 4.60. The molecule has 0 bridgehead atoms. The molecule has 0 saturated heterocycles. The van der Waals surface area contributed by atoms with E-state index in [4.69, 9.17) is 19.2 Å². The summed E-state index contributed by atoms with van der Waals surface area (Å²) in [5, 5.41) is 5.15. The Hall–Kier alpha value is -4.25. The van der Waals surface area contributed by atoms with Gasteiger partial charge in [0.1, 0.15) is 18.2 Å².